The average molecular weight is 435 g/mol. The molecule has 0 radical (unpaired) electrons. The molecule has 1 aromatic carbocycles. The number of nitrogens with zero attached hydrogens (tertiary/aromatic N) is 1. The molecule has 1 amide bonds. The van der Waals surface area contributed by atoms with Gasteiger partial charge in [0, 0.05) is 23.7 Å². The molecule has 32 heavy (non-hydrogen) atoms. The molecule has 0 spiro atoms. The molecule has 1 heterocycles. The number of Topliss-reactive ketones (excluding diaryl/α,β-unsaturated/α-hetero) is 1. The van der Waals surface area contributed by atoms with Gasteiger partial charge in [0.2, 0.25) is 0 Å². The maximum absolute atomic E-state index is 13.2. The molecule has 0 aliphatic heterocycles. The Hall–Kier alpha value is -2.53. The number of carbonyl (C=O) groups excluding carboxylic acids is 2. The van der Waals surface area contributed by atoms with Crippen LogP contribution in [0.25, 0.3) is 0 Å². The van der Waals surface area contributed by atoms with Crippen LogP contribution in [-0.4, -0.2) is 27.4 Å². The molecule has 1 aromatic heterocycles. The van der Waals surface area contributed by atoms with Crippen LogP contribution in [-0.2, 0) is 5.41 Å². The standard InChI is InChI=1S/C27H34N2O3/c1-4-12-26(32)13-14-27(5-2)20(17-26)9-11-24(30)21-16-19(8-10-22(21)27)25(31)29-23-7-6-15-28-18(23)3/h6-8,10,15-16,20,32H,4-5,9,11-14,17H2,1-3H3,(H,29,31)/t20-,26-,27+/m0/s1. The normalized spacial score (nSPS) is 27.2. The number of amides is 1. The summed E-state index contributed by atoms with van der Waals surface area (Å²) in [5.41, 5.74) is 2.94. The van der Waals surface area contributed by atoms with E-state index in [9.17, 15) is 14.7 Å². The van der Waals surface area contributed by atoms with Crippen LogP contribution in [0.3, 0.4) is 0 Å². The molecular weight excluding hydrogens is 400 g/mol. The van der Waals surface area contributed by atoms with Gasteiger partial charge in [0.15, 0.2) is 5.78 Å². The zero-order valence-corrected chi connectivity index (χ0v) is 19.4. The van der Waals surface area contributed by atoms with Crippen LogP contribution in [0.2, 0.25) is 0 Å². The Labute approximate surface area is 190 Å². The van der Waals surface area contributed by atoms with Crippen molar-refractivity contribution in [1.82, 2.24) is 4.98 Å². The number of nitrogens with one attached hydrogen (secondary N) is 1. The van der Waals surface area contributed by atoms with E-state index in [1.54, 1.807) is 18.3 Å². The molecule has 2 aliphatic carbocycles. The Balaban J connectivity index is 1.69. The molecule has 2 aromatic rings. The quantitative estimate of drug-likeness (QED) is 0.642. The van der Waals surface area contributed by atoms with Gasteiger partial charge in [-0.1, -0.05) is 26.3 Å². The summed E-state index contributed by atoms with van der Waals surface area (Å²) in [5.74, 6) is 0.151. The Morgan fingerprint density at radius 3 is 2.78 bits per heavy atom. The summed E-state index contributed by atoms with van der Waals surface area (Å²) in [6, 6.07) is 9.25. The maximum Gasteiger partial charge on any atom is 0.255 e. The van der Waals surface area contributed by atoms with E-state index in [1.165, 1.54) is 0 Å². The third-order valence-corrected chi connectivity index (χ3v) is 7.88. The lowest BCUT2D eigenvalue weighted by Gasteiger charge is -2.50. The van der Waals surface area contributed by atoms with Crippen molar-refractivity contribution >= 4 is 17.4 Å². The van der Waals surface area contributed by atoms with Gasteiger partial charge < -0.3 is 10.4 Å². The highest BCUT2D eigenvalue weighted by Crippen LogP contribution is 2.54. The third-order valence-electron chi connectivity index (χ3n) is 7.88. The second-order valence-corrected chi connectivity index (χ2v) is 9.70. The van der Waals surface area contributed by atoms with Crippen molar-refractivity contribution in [1.29, 1.82) is 0 Å². The number of hydrogen-bond acceptors (Lipinski definition) is 4. The topological polar surface area (TPSA) is 79.3 Å². The Bertz CT molecular complexity index is 1030. The van der Waals surface area contributed by atoms with Crippen molar-refractivity contribution in [3.05, 3.63) is 58.9 Å². The number of benzene rings is 1. The SMILES string of the molecule is CCC[C@]1(O)CC[C@@]2(CC)c3ccc(C(=O)Nc4cccnc4C)cc3C(=O)CC[C@H]2C1. The monoisotopic (exact) mass is 434 g/mol. The van der Waals surface area contributed by atoms with E-state index in [1.807, 2.05) is 25.1 Å². The maximum atomic E-state index is 13.2. The lowest BCUT2D eigenvalue weighted by atomic mass is 9.56. The van der Waals surface area contributed by atoms with Gasteiger partial charge in [0.05, 0.1) is 17.0 Å². The molecular formula is C27H34N2O3. The molecule has 170 valence electrons. The van der Waals surface area contributed by atoms with E-state index in [-0.39, 0.29) is 23.0 Å². The van der Waals surface area contributed by atoms with Crippen LogP contribution < -0.4 is 5.32 Å². The number of aliphatic hydroxyl groups is 1. The van der Waals surface area contributed by atoms with Gasteiger partial charge in [-0.25, -0.2) is 0 Å². The fourth-order valence-electron chi connectivity index (χ4n) is 6.10. The summed E-state index contributed by atoms with van der Waals surface area (Å²) in [4.78, 5) is 30.3. The van der Waals surface area contributed by atoms with E-state index >= 15 is 0 Å². The van der Waals surface area contributed by atoms with Crippen LogP contribution in [0.1, 0.15) is 97.2 Å². The number of anilines is 1. The van der Waals surface area contributed by atoms with Gasteiger partial charge in [0.25, 0.3) is 5.91 Å². The van der Waals surface area contributed by atoms with Crippen molar-refractivity contribution in [2.75, 3.05) is 5.32 Å². The van der Waals surface area contributed by atoms with Crippen LogP contribution in [0.5, 0.6) is 0 Å². The fourth-order valence-corrected chi connectivity index (χ4v) is 6.10. The van der Waals surface area contributed by atoms with Gasteiger partial charge in [-0.05, 0) is 86.6 Å². The molecule has 0 saturated heterocycles. The number of ketones is 1. The molecule has 1 saturated carbocycles. The predicted octanol–water partition coefficient (Wildman–Crippen LogP) is 5.60. The molecule has 2 N–H and O–H groups in total. The Morgan fingerprint density at radius 2 is 2.06 bits per heavy atom. The Kier molecular flexibility index (Phi) is 6.22. The lowest BCUT2D eigenvalue weighted by Crippen LogP contribution is -2.47. The van der Waals surface area contributed by atoms with Gasteiger partial charge >= 0.3 is 0 Å². The predicted molar refractivity (Wildman–Crippen MR) is 126 cm³/mol. The van der Waals surface area contributed by atoms with E-state index in [0.29, 0.717) is 23.2 Å². The molecule has 0 bridgehead atoms. The number of hydrogen-bond donors (Lipinski definition) is 2. The first kappa shape index (κ1) is 22.7. The summed E-state index contributed by atoms with van der Waals surface area (Å²) in [7, 11) is 0. The van der Waals surface area contributed by atoms with Gasteiger partial charge in [-0.2, -0.15) is 0 Å². The highest BCUT2D eigenvalue weighted by Gasteiger charge is 2.50. The molecule has 2 aliphatic rings. The van der Waals surface area contributed by atoms with Crippen molar-refractivity contribution in [3.8, 4) is 0 Å². The minimum Gasteiger partial charge on any atom is -0.390 e. The van der Waals surface area contributed by atoms with Crippen LogP contribution in [0, 0.1) is 12.8 Å². The summed E-state index contributed by atoms with van der Waals surface area (Å²) in [6.07, 6.45) is 8.07. The van der Waals surface area contributed by atoms with E-state index in [2.05, 4.69) is 24.1 Å². The molecule has 3 atom stereocenters. The minimum absolute atomic E-state index is 0.105. The van der Waals surface area contributed by atoms with Crippen molar-refractivity contribution in [3.63, 3.8) is 0 Å². The molecule has 4 rings (SSSR count). The summed E-state index contributed by atoms with van der Waals surface area (Å²) in [6.45, 7) is 6.16. The van der Waals surface area contributed by atoms with E-state index < -0.39 is 5.60 Å². The average Bonchev–Trinajstić information content (AvgIpc) is 2.90. The Morgan fingerprint density at radius 1 is 1.25 bits per heavy atom. The molecule has 5 nitrogen and oxygen atoms in total. The second kappa shape index (κ2) is 8.78. The van der Waals surface area contributed by atoms with E-state index in [4.69, 9.17) is 0 Å². The van der Waals surface area contributed by atoms with E-state index in [0.717, 1.165) is 56.2 Å². The van der Waals surface area contributed by atoms with Crippen LogP contribution >= 0.6 is 0 Å². The lowest BCUT2D eigenvalue weighted by molar-refractivity contribution is -0.0541. The fraction of sp³-hybridized carbons (Fsp3) is 0.519. The van der Waals surface area contributed by atoms with Crippen molar-refractivity contribution in [2.45, 2.75) is 83.2 Å². The third kappa shape index (κ3) is 3.99. The number of aryl methyl sites for hydroxylation is 1. The van der Waals surface area contributed by atoms with Gasteiger partial charge in [-0.3, -0.25) is 14.6 Å². The number of aromatic nitrogens is 1. The first-order chi connectivity index (χ1) is 15.3. The number of fused-ring (bicyclic) bond motifs is 3. The highest BCUT2D eigenvalue weighted by atomic mass is 16.3. The summed E-state index contributed by atoms with van der Waals surface area (Å²) < 4.78 is 0. The first-order valence-electron chi connectivity index (χ1n) is 11.9. The molecule has 1 fully saturated rings. The zero-order valence-electron chi connectivity index (χ0n) is 19.4. The minimum atomic E-state index is -0.618. The zero-order chi connectivity index (χ0) is 22.9. The second-order valence-electron chi connectivity index (χ2n) is 9.70. The molecule has 5 heteroatoms. The smallest absolute Gasteiger partial charge is 0.255 e. The number of pyridine rings is 1. The largest absolute Gasteiger partial charge is 0.390 e. The van der Waals surface area contributed by atoms with Crippen molar-refractivity contribution in [2.24, 2.45) is 5.92 Å². The van der Waals surface area contributed by atoms with Crippen LogP contribution in [0.4, 0.5) is 5.69 Å². The van der Waals surface area contributed by atoms with Crippen molar-refractivity contribution < 1.29 is 14.7 Å². The summed E-state index contributed by atoms with van der Waals surface area (Å²) >= 11 is 0. The number of rotatable bonds is 5. The first-order valence-corrected chi connectivity index (χ1v) is 11.9. The van der Waals surface area contributed by atoms with Gasteiger partial charge in [-0.15, -0.1) is 0 Å². The highest BCUT2D eigenvalue weighted by molar-refractivity contribution is 6.07. The molecule has 0 unspecified atom stereocenters. The number of carbonyl (C=O) groups is 2. The summed E-state index contributed by atoms with van der Waals surface area (Å²) in [5, 5.41) is 14.1. The van der Waals surface area contributed by atoms with Gasteiger partial charge in [0.1, 0.15) is 0 Å². The van der Waals surface area contributed by atoms with Crippen LogP contribution in [0.15, 0.2) is 36.5 Å².